The summed E-state index contributed by atoms with van der Waals surface area (Å²) >= 11 is 0. The summed E-state index contributed by atoms with van der Waals surface area (Å²) in [4.78, 5) is 28.8. The molecule has 142 valence electrons. The summed E-state index contributed by atoms with van der Waals surface area (Å²) in [5, 5.41) is 2.89. The summed E-state index contributed by atoms with van der Waals surface area (Å²) in [6, 6.07) is 7.48. The van der Waals surface area contributed by atoms with E-state index in [2.05, 4.69) is 10.2 Å². The van der Waals surface area contributed by atoms with Crippen LogP contribution in [0.3, 0.4) is 0 Å². The van der Waals surface area contributed by atoms with Crippen molar-refractivity contribution < 1.29 is 19.1 Å². The average molecular weight is 361 g/mol. The minimum atomic E-state index is -0.425. The molecule has 26 heavy (non-hydrogen) atoms. The molecule has 7 nitrogen and oxygen atoms in total. The second-order valence-electron chi connectivity index (χ2n) is 6.55. The fraction of sp³-hybridized carbons (Fsp3) is 0.579. The quantitative estimate of drug-likeness (QED) is 0.805. The third kappa shape index (κ3) is 4.74. The summed E-state index contributed by atoms with van der Waals surface area (Å²) < 4.78 is 10.8. The molecule has 1 atom stereocenters. The summed E-state index contributed by atoms with van der Waals surface area (Å²) in [5.74, 6) is 0.794. The molecule has 1 aromatic rings. The predicted molar refractivity (Wildman–Crippen MR) is 96.8 cm³/mol. The smallest absolute Gasteiger partial charge is 0.237 e. The monoisotopic (exact) mass is 361 g/mol. The minimum absolute atomic E-state index is 0.0204. The van der Waals surface area contributed by atoms with Crippen LogP contribution >= 0.6 is 0 Å². The Balaban J connectivity index is 1.63. The van der Waals surface area contributed by atoms with Crippen molar-refractivity contribution in [3.63, 3.8) is 0 Å². The van der Waals surface area contributed by atoms with Gasteiger partial charge in [0.15, 0.2) is 0 Å². The highest BCUT2D eigenvalue weighted by Crippen LogP contribution is 2.18. The third-order valence-electron chi connectivity index (χ3n) is 4.79. The summed E-state index contributed by atoms with van der Waals surface area (Å²) in [5.41, 5.74) is 1.10. The van der Waals surface area contributed by atoms with Crippen LogP contribution in [-0.2, 0) is 20.9 Å². The van der Waals surface area contributed by atoms with Crippen molar-refractivity contribution in [1.82, 2.24) is 15.1 Å². The van der Waals surface area contributed by atoms with E-state index in [-0.39, 0.29) is 18.2 Å². The number of carbonyl (C=O) groups is 2. The van der Waals surface area contributed by atoms with Crippen LogP contribution in [-0.4, -0.2) is 73.7 Å². The molecule has 2 saturated heterocycles. The van der Waals surface area contributed by atoms with Gasteiger partial charge in [-0.25, -0.2) is 0 Å². The van der Waals surface area contributed by atoms with E-state index in [1.54, 1.807) is 4.90 Å². The Hall–Kier alpha value is -2.12. The van der Waals surface area contributed by atoms with Crippen LogP contribution in [0.2, 0.25) is 0 Å². The molecule has 1 N–H and O–H groups in total. The van der Waals surface area contributed by atoms with Crippen LogP contribution < -0.4 is 10.1 Å². The first kappa shape index (κ1) is 18.7. The summed E-state index contributed by atoms with van der Waals surface area (Å²) in [7, 11) is 0. The zero-order valence-corrected chi connectivity index (χ0v) is 15.3. The van der Waals surface area contributed by atoms with E-state index in [1.807, 2.05) is 31.2 Å². The number of piperazine rings is 1. The fourth-order valence-corrected chi connectivity index (χ4v) is 3.37. The van der Waals surface area contributed by atoms with Gasteiger partial charge < -0.3 is 19.7 Å². The number of rotatable bonds is 6. The van der Waals surface area contributed by atoms with Crippen molar-refractivity contribution in [2.24, 2.45) is 0 Å². The van der Waals surface area contributed by atoms with Gasteiger partial charge in [0.05, 0.1) is 32.3 Å². The zero-order chi connectivity index (χ0) is 18.4. The first-order valence-electron chi connectivity index (χ1n) is 9.26. The van der Waals surface area contributed by atoms with Crippen molar-refractivity contribution in [1.29, 1.82) is 0 Å². The average Bonchev–Trinajstić information content (AvgIpc) is 2.67. The Morgan fingerprint density at radius 2 is 1.96 bits per heavy atom. The van der Waals surface area contributed by atoms with Crippen LogP contribution in [0.1, 0.15) is 18.9 Å². The number of nitrogens with one attached hydrogen (secondary N) is 1. The number of ether oxygens (including phenoxy) is 2. The lowest BCUT2D eigenvalue weighted by Crippen LogP contribution is -2.56. The highest BCUT2D eigenvalue weighted by molar-refractivity contribution is 5.88. The molecule has 0 radical (unpaired) electrons. The molecular weight excluding hydrogens is 334 g/mol. The van der Waals surface area contributed by atoms with Gasteiger partial charge in [-0.2, -0.15) is 0 Å². The van der Waals surface area contributed by atoms with Gasteiger partial charge in [-0.05, 0) is 24.6 Å². The molecule has 7 heteroatoms. The summed E-state index contributed by atoms with van der Waals surface area (Å²) in [6.45, 7) is 6.92. The van der Waals surface area contributed by atoms with Gasteiger partial charge in [0, 0.05) is 32.7 Å². The lowest BCUT2D eigenvalue weighted by atomic mass is 10.1. The fourth-order valence-electron chi connectivity index (χ4n) is 3.37. The van der Waals surface area contributed by atoms with Gasteiger partial charge >= 0.3 is 0 Å². The molecule has 2 aliphatic rings. The lowest BCUT2D eigenvalue weighted by molar-refractivity contribution is -0.141. The molecule has 0 bridgehead atoms. The minimum Gasteiger partial charge on any atom is -0.494 e. The van der Waals surface area contributed by atoms with E-state index in [0.29, 0.717) is 46.0 Å². The first-order chi connectivity index (χ1) is 12.7. The van der Waals surface area contributed by atoms with Crippen molar-refractivity contribution >= 4 is 11.8 Å². The number of morpholine rings is 1. The highest BCUT2D eigenvalue weighted by atomic mass is 16.5. The van der Waals surface area contributed by atoms with Crippen molar-refractivity contribution in [2.75, 3.05) is 46.0 Å². The second kappa shape index (κ2) is 9.00. The van der Waals surface area contributed by atoms with Crippen molar-refractivity contribution in [3.8, 4) is 5.75 Å². The molecule has 3 rings (SSSR count). The largest absolute Gasteiger partial charge is 0.494 e. The normalized spacial score (nSPS) is 21.3. The Labute approximate surface area is 154 Å². The van der Waals surface area contributed by atoms with E-state index in [4.69, 9.17) is 9.47 Å². The number of amides is 2. The van der Waals surface area contributed by atoms with Crippen molar-refractivity contribution in [3.05, 3.63) is 29.8 Å². The van der Waals surface area contributed by atoms with Gasteiger partial charge in [0.1, 0.15) is 5.75 Å². The van der Waals surface area contributed by atoms with Crippen LogP contribution in [0.4, 0.5) is 0 Å². The van der Waals surface area contributed by atoms with Crippen molar-refractivity contribution in [2.45, 2.75) is 25.9 Å². The molecular formula is C19H27N3O4. The van der Waals surface area contributed by atoms with Gasteiger partial charge in [-0.1, -0.05) is 12.1 Å². The van der Waals surface area contributed by atoms with E-state index in [9.17, 15) is 9.59 Å². The molecule has 0 aromatic heterocycles. The van der Waals surface area contributed by atoms with Crippen LogP contribution in [0.15, 0.2) is 24.3 Å². The molecule has 1 aromatic carbocycles. The topological polar surface area (TPSA) is 71.1 Å². The molecule has 2 heterocycles. The molecule has 0 saturated carbocycles. The van der Waals surface area contributed by atoms with Gasteiger partial charge in [0.25, 0.3) is 0 Å². The maximum absolute atomic E-state index is 12.6. The van der Waals surface area contributed by atoms with E-state index >= 15 is 0 Å². The standard InChI is InChI=1S/C19H27N3O4/c1-2-26-16-5-3-15(4-6-16)14-22-8-7-20-19(24)17(22)13-18(23)21-9-11-25-12-10-21/h3-6,17H,2,7-14H2,1H3,(H,20,24)/t17-/m0/s1. The van der Waals surface area contributed by atoms with Crippen LogP contribution in [0, 0.1) is 0 Å². The number of benzene rings is 1. The molecule has 0 unspecified atom stereocenters. The second-order valence-corrected chi connectivity index (χ2v) is 6.55. The predicted octanol–water partition coefficient (Wildman–Crippen LogP) is 0.635. The number of hydrogen-bond acceptors (Lipinski definition) is 5. The van der Waals surface area contributed by atoms with Gasteiger partial charge in [-0.15, -0.1) is 0 Å². The molecule has 0 spiro atoms. The summed E-state index contributed by atoms with van der Waals surface area (Å²) in [6.07, 6.45) is 0.211. The van der Waals surface area contributed by atoms with E-state index in [1.165, 1.54) is 0 Å². The van der Waals surface area contributed by atoms with Gasteiger partial charge in [-0.3, -0.25) is 14.5 Å². The Morgan fingerprint density at radius 1 is 1.23 bits per heavy atom. The molecule has 0 aliphatic carbocycles. The third-order valence-corrected chi connectivity index (χ3v) is 4.79. The Kier molecular flexibility index (Phi) is 6.46. The van der Waals surface area contributed by atoms with Crippen LogP contribution in [0.5, 0.6) is 5.75 Å². The Bertz CT molecular complexity index is 614. The number of hydrogen-bond donors (Lipinski definition) is 1. The van der Waals surface area contributed by atoms with Crippen LogP contribution in [0.25, 0.3) is 0 Å². The number of carbonyl (C=O) groups excluding carboxylic acids is 2. The maximum Gasteiger partial charge on any atom is 0.237 e. The Morgan fingerprint density at radius 3 is 2.65 bits per heavy atom. The molecule has 2 amide bonds. The SMILES string of the molecule is CCOc1ccc(CN2CCNC(=O)[C@@H]2CC(=O)N2CCOCC2)cc1. The highest BCUT2D eigenvalue weighted by Gasteiger charge is 2.33. The first-order valence-corrected chi connectivity index (χ1v) is 9.26. The van der Waals surface area contributed by atoms with E-state index in [0.717, 1.165) is 17.9 Å². The zero-order valence-electron chi connectivity index (χ0n) is 15.3. The number of nitrogens with zero attached hydrogens (tertiary/aromatic N) is 2. The van der Waals surface area contributed by atoms with E-state index < -0.39 is 6.04 Å². The molecule has 2 aliphatic heterocycles. The molecule has 2 fully saturated rings. The van der Waals surface area contributed by atoms with Gasteiger partial charge in [0.2, 0.25) is 11.8 Å². The lowest BCUT2D eigenvalue weighted by Gasteiger charge is -2.36. The maximum atomic E-state index is 12.6.